The van der Waals surface area contributed by atoms with Gasteiger partial charge in [-0.3, -0.25) is 0 Å². The zero-order chi connectivity index (χ0) is 40.3. The van der Waals surface area contributed by atoms with Crippen LogP contribution in [0.4, 0.5) is 0 Å². The smallest absolute Gasteiger partial charge is 0.187 e. The van der Waals surface area contributed by atoms with Gasteiger partial charge in [-0.2, -0.15) is 0 Å². The lowest BCUT2D eigenvalue weighted by molar-refractivity contribution is -0.378. The molecule has 2 heterocycles. The van der Waals surface area contributed by atoms with Crippen molar-refractivity contribution in [1.29, 1.82) is 0 Å². The number of hydrogen-bond acceptors (Lipinski definition) is 13. The quantitative estimate of drug-likeness (QED) is 0.133. The second-order valence-corrected chi connectivity index (χ2v) is 20.8. The van der Waals surface area contributed by atoms with Crippen molar-refractivity contribution >= 4 is 0 Å². The van der Waals surface area contributed by atoms with Crippen LogP contribution in [-0.4, -0.2) is 139 Å². The number of rotatable bonds is 7. The summed E-state index contributed by atoms with van der Waals surface area (Å²) in [6.45, 7) is 15.1. The van der Waals surface area contributed by atoms with Crippen molar-refractivity contribution in [2.75, 3.05) is 19.8 Å². The minimum atomic E-state index is -1.75. The number of aliphatic hydroxyl groups excluding tert-OH is 9. The minimum Gasteiger partial charge on any atom is -0.396 e. The fourth-order valence-corrected chi connectivity index (χ4v) is 13.8. The van der Waals surface area contributed by atoms with E-state index < -0.39 is 91.6 Å². The van der Waals surface area contributed by atoms with E-state index in [9.17, 15) is 46.0 Å². The van der Waals surface area contributed by atoms with Gasteiger partial charge >= 0.3 is 0 Å². The highest BCUT2D eigenvalue weighted by molar-refractivity contribution is 5.35. The van der Waals surface area contributed by atoms with E-state index in [2.05, 4.69) is 54.5 Å². The summed E-state index contributed by atoms with van der Waals surface area (Å²) in [5, 5.41) is 96.3. The van der Waals surface area contributed by atoms with Crippen LogP contribution in [0.5, 0.6) is 0 Å². The topological polar surface area (TPSA) is 219 Å². The number of allylic oxidation sites excluding steroid dienone is 2. The molecule has 5 aliphatic carbocycles. The van der Waals surface area contributed by atoms with Gasteiger partial charge in [-0.25, -0.2) is 0 Å². The highest BCUT2D eigenvalue weighted by atomic mass is 16.8. The van der Waals surface area contributed by atoms with Crippen LogP contribution in [0.25, 0.3) is 0 Å². The Labute approximate surface area is 326 Å². The molecular formula is C42H70O13. The first-order valence-corrected chi connectivity index (χ1v) is 20.9. The van der Waals surface area contributed by atoms with E-state index in [1.54, 1.807) is 0 Å². The Kier molecular flexibility index (Phi) is 11.1. The van der Waals surface area contributed by atoms with Gasteiger partial charge in [0.15, 0.2) is 12.6 Å². The highest BCUT2D eigenvalue weighted by Crippen LogP contribution is 2.76. The molecule has 19 atom stereocenters. The molecule has 0 bridgehead atoms. The first-order chi connectivity index (χ1) is 25.7. The van der Waals surface area contributed by atoms with Crippen LogP contribution >= 0.6 is 0 Å². The van der Waals surface area contributed by atoms with Gasteiger partial charge in [0.1, 0.15) is 48.8 Å². The predicted octanol–water partition coefficient (Wildman–Crippen LogP) is 1.76. The molecule has 2 aliphatic heterocycles. The van der Waals surface area contributed by atoms with Gasteiger partial charge in [-0.05, 0) is 103 Å². The van der Waals surface area contributed by atoms with Crippen molar-refractivity contribution in [2.24, 2.45) is 50.2 Å². The van der Waals surface area contributed by atoms with Crippen molar-refractivity contribution in [1.82, 2.24) is 0 Å². The van der Waals surface area contributed by atoms with Gasteiger partial charge in [0.25, 0.3) is 0 Å². The van der Waals surface area contributed by atoms with E-state index in [1.807, 2.05) is 0 Å². The van der Waals surface area contributed by atoms with E-state index in [0.717, 1.165) is 44.9 Å². The first-order valence-electron chi connectivity index (χ1n) is 20.9. The monoisotopic (exact) mass is 782 g/mol. The van der Waals surface area contributed by atoms with Crippen molar-refractivity contribution in [3.8, 4) is 0 Å². The third kappa shape index (κ3) is 6.27. The summed E-state index contributed by atoms with van der Waals surface area (Å²) in [5.41, 5.74) is 0.311. The van der Waals surface area contributed by atoms with Crippen molar-refractivity contribution < 1.29 is 64.9 Å². The first kappa shape index (κ1) is 42.3. The Balaban J connectivity index is 1.15. The van der Waals surface area contributed by atoms with Crippen molar-refractivity contribution in [3.05, 3.63) is 11.6 Å². The summed E-state index contributed by atoms with van der Waals surface area (Å²) >= 11 is 0. The zero-order valence-corrected chi connectivity index (χ0v) is 33.9. The Hall–Kier alpha value is -0.780. The Bertz CT molecular complexity index is 1440. The highest BCUT2D eigenvalue weighted by Gasteiger charge is 2.70. The van der Waals surface area contributed by atoms with Gasteiger partial charge in [0.05, 0.1) is 32.0 Å². The van der Waals surface area contributed by atoms with Gasteiger partial charge in [-0.1, -0.05) is 60.1 Å². The lowest BCUT2D eigenvalue weighted by Crippen LogP contribution is -2.68. The lowest BCUT2D eigenvalue weighted by Gasteiger charge is -2.72. The Morgan fingerprint density at radius 1 is 0.673 bits per heavy atom. The van der Waals surface area contributed by atoms with Gasteiger partial charge < -0.3 is 64.9 Å². The second kappa shape index (κ2) is 14.4. The van der Waals surface area contributed by atoms with E-state index in [0.29, 0.717) is 18.8 Å². The van der Waals surface area contributed by atoms with Crippen LogP contribution in [0.1, 0.15) is 106 Å². The van der Waals surface area contributed by atoms with Crippen LogP contribution in [-0.2, 0) is 18.9 Å². The van der Waals surface area contributed by atoms with Gasteiger partial charge in [0, 0.05) is 5.41 Å². The molecule has 7 rings (SSSR count). The number of fused-ring (bicyclic) bond motifs is 7. The Morgan fingerprint density at radius 2 is 1.31 bits per heavy atom. The molecule has 13 nitrogen and oxygen atoms in total. The molecule has 4 saturated carbocycles. The molecule has 6 fully saturated rings. The lowest BCUT2D eigenvalue weighted by atomic mass is 9.33. The molecule has 316 valence electrons. The molecule has 0 aromatic carbocycles. The van der Waals surface area contributed by atoms with E-state index in [1.165, 1.54) is 5.57 Å². The van der Waals surface area contributed by atoms with Crippen LogP contribution < -0.4 is 0 Å². The molecule has 0 radical (unpaired) electrons. The SMILES string of the molecule is CC1(C)CCC2(CO)C(O)CC3(C)C(=CCC4C5(C)CCC(OC6OC(CO)C(O)C(O)C6OC6OC(CO)C(O)C(O)C6O)C(C)(C)C5CCC43C)C2C1. The van der Waals surface area contributed by atoms with Gasteiger partial charge in [0.2, 0.25) is 0 Å². The average Bonchev–Trinajstić information content (AvgIpc) is 3.12. The Morgan fingerprint density at radius 3 is 1.95 bits per heavy atom. The molecule has 9 N–H and O–H groups in total. The minimum absolute atomic E-state index is 0.00596. The molecule has 0 spiro atoms. The summed E-state index contributed by atoms with van der Waals surface area (Å²) < 4.78 is 24.4. The molecule has 0 aromatic rings. The maximum atomic E-state index is 12.0. The van der Waals surface area contributed by atoms with E-state index >= 15 is 0 Å². The summed E-state index contributed by atoms with van der Waals surface area (Å²) in [4.78, 5) is 0. The molecule has 19 unspecified atom stereocenters. The molecule has 0 aromatic heterocycles. The van der Waals surface area contributed by atoms with Crippen LogP contribution in [0, 0.1) is 50.2 Å². The van der Waals surface area contributed by atoms with Crippen molar-refractivity contribution in [3.63, 3.8) is 0 Å². The molecule has 55 heavy (non-hydrogen) atoms. The van der Waals surface area contributed by atoms with Crippen molar-refractivity contribution in [2.45, 2.75) is 180 Å². The molecular weight excluding hydrogens is 712 g/mol. The molecule has 0 amide bonds. The number of hydrogen-bond donors (Lipinski definition) is 9. The van der Waals surface area contributed by atoms with E-state index in [4.69, 9.17) is 18.9 Å². The van der Waals surface area contributed by atoms with Crippen LogP contribution in [0.2, 0.25) is 0 Å². The zero-order valence-electron chi connectivity index (χ0n) is 33.9. The fraction of sp³-hybridized carbons (Fsp3) is 0.952. The van der Waals surface area contributed by atoms with Crippen LogP contribution in [0.3, 0.4) is 0 Å². The van der Waals surface area contributed by atoms with E-state index in [-0.39, 0.29) is 46.2 Å². The third-order valence-electron chi connectivity index (χ3n) is 17.4. The largest absolute Gasteiger partial charge is 0.396 e. The summed E-state index contributed by atoms with van der Waals surface area (Å²) in [6, 6.07) is 0. The molecule has 13 heteroatoms. The average molecular weight is 783 g/mol. The van der Waals surface area contributed by atoms with Gasteiger partial charge in [-0.15, -0.1) is 0 Å². The third-order valence-corrected chi connectivity index (χ3v) is 17.4. The number of aliphatic hydroxyl groups is 9. The standard InChI is InChI=1S/C42H70O13/c1-37(2)14-15-42(20-45)22(16-37)21-8-9-26-39(5)12-11-28(38(3,4)25(39)10-13-40(26,6)41(21,7)17-27(42)46)54-36-34(32(50)30(48)24(19-44)53-36)55-35-33(51)31(49)29(47)23(18-43)52-35/h8,22-36,43-51H,9-20H2,1-7H3. The maximum absolute atomic E-state index is 12.0. The molecule has 7 aliphatic rings. The molecule has 2 saturated heterocycles. The predicted molar refractivity (Wildman–Crippen MR) is 199 cm³/mol. The maximum Gasteiger partial charge on any atom is 0.187 e. The fourth-order valence-electron chi connectivity index (χ4n) is 13.8. The summed E-state index contributed by atoms with van der Waals surface area (Å²) in [5.74, 6) is 0.706. The number of ether oxygens (including phenoxy) is 4. The van der Waals surface area contributed by atoms with Crippen LogP contribution in [0.15, 0.2) is 11.6 Å². The normalized spacial score (nSPS) is 54.6. The summed E-state index contributed by atoms with van der Waals surface area (Å²) in [7, 11) is 0. The summed E-state index contributed by atoms with van der Waals surface area (Å²) in [6.07, 6.45) is -5.69. The second-order valence-electron chi connectivity index (χ2n) is 20.8.